The minimum Gasteiger partial charge on any atom is -0.497 e. The van der Waals surface area contributed by atoms with E-state index in [2.05, 4.69) is 5.32 Å². The van der Waals surface area contributed by atoms with Crippen LogP contribution >= 0.6 is 11.6 Å². The highest BCUT2D eigenvalue weighted by Gasteiger charge is 2.31. The zero-order valence-electron chi connectivity index (χ0n) is 15.5. The molecule has 0 bridgehead atoms. The fourth-order valence-corrected chi connectivity index (χ4v) is 2.80. The third-order valence-corrected chi connectivity index (χ3v) is 4.37. The lowest BCUT2D eigenvalue weighted by Crippen LogP contribution is -2.04. The monoisotopic (exact) mass is 437 g/mol. The van der Waals surface area contributed by atoms with Crippen molar-refractivity contribution in [3.8, 4) is 17.2 Å². The quantitative estimate of drug-likeness (QED) is 0.454. The first-order valence-corrected chi connectivity index (χ1v) is 8.88. The van der Waals surface area contributed by atoms with Crippen LogP contribution in [-0.4, -0.2) is 18.2 Å². The van der Waals surface area contributed by atoms with Crippen LogP contribution in [0.5, 0.6) is 17.2 Å². The summed E-state index contributed by atoms with van der Waals surface area (Å²) in [6.45, 7) is 0. The smallest absolute Gasteiger partial charge is 0.416 e. The van der Waals surface area contributed by atoms with Crippen molar-refractivity contribution in [2.75, 3.05) is 12.4 Å². The molecule has 0 saturated heterocycles. The fourth-order valence-electron chi connectivity index (χ4n) is 2.58. The van der Waals surface area contributed by atoms with Crippen LogP contribution in [-0.2, 0) is 6.18 Å². The highest BCUT2D eigenvalue weighted by Crippen LogP contribution is 2.36. The summed E-state index contributed by atoms with van der Waals surface area (Å²) in [7, 11) is 1.44. The Labute approximate surface area is 174 Å². The third kappa shape index (κ3) is 4.96. The third-order valence-electron chi connectivity index (χ3n) is 4.08. The number of carboxylic acid groups (broad SMARTS) is 1. The molecule has 0 unspecified atom stereocenters. The van der Waals surface area contributed by atoms with Gasteiger partial charge in [-0.05, 0) is 60.7 Å². The summed E-state index contributed by atoms with van der Waals surface area (Å²) in [5.74, 6) is -0.285. The number of benzene rings is 3. The molecule has 0 aromatic heterocycles. The van der Waals surface area contributed by atoms with E-state index in [-0.39, 0.29) is 16.3 Å². The van der Waals surface area contributed by atoms with Crippen molar-refractivity contribution < 1.29 is 32.5 Å². The van der Waals surface area contributed by atoms with E-state index in [1.165, 1.54) is 13.2 Å². The van der Waals surface area contributed by atoms with Crippen LogP contribution in [0.15, 0.2) is 60.7 Å². The van der Waals surface area contributed by atoms with E-state index >= 15 is 0 Å². The highest BCUT2D eigenvalue weighted by molar-refractivity contribution is 6.32. The Kier molecular flexibility index (Phi) is 6.07. The minimum atomic E-state index is -4.49. The minimum absolute atomic E-state index is 0.0335. The first kappa shape index (κ1) is 21.3. The van der Waals surface area contributed by atoms with Gasteiger partial charge in [0.15, 0.2) is 0 Å². The van der Waals surface area contributed by atoms with Crippen LogP contribution in [0.25, 0.3) is 0 Å². The molecule has 2 N–H and O–H groups in total. The Morgan fingerprint density at radius 2 is 1.67 bits per heavy atom. The number of anilines is 2. The van der Waals surface area contributed by atoms with E-state index in [0.29, 0.717) is 22.9 Å². The molecular weight excluding hydrogens is 423 g/mol. The Morgan fingerprint density at radius 3 is 2.23 bits per heavy atom. The highest BCUT2D eigenvalue weighted by atomic mass is 35.5. The predicted octanol–water partition coefficient (Wildman–Crippen LogP) is 6.60. The molecule has 5 nitrogen and oxygen atoms in total. The van der Waals surface area contributed by atoms with Gasteiger partial charge in [0, 0.05) is 5.69 Å². The van der Waals surface area contributed by atoms with E-state index in [1.54, 1.807) is 36.4 Å². The summed E-state index contributed by atoms with van der Waals surface area (Å²) in [5.41, 5.74) is 0.107. The second kappa shape index (κ2) is 8.54. The number of ether oxygens (including phenoxy) is 2. The number of halogens is 4. The van der Waals surface area contributed by atoms with Gasteiger partial charge in [-0.2, -0.15) is 13.2 Å². The molecule has 0 saturated carbocycles. The van der Waals surface area contributed by atoms with Gasteiger partial charge in [-0.15, -0.1) is 0 Å². The summed E-state index contributed by atoms with van der Waals surface area (Å²) in [4.78, 5) is 11.5. The van der Waals surface area contributed by atoms with Crippen LogP contribution in [0.4, 0.5) is 24.5 Å². The fraction of sp³-hybridized carbons (Fsp3) is 0.0952. The Hall–Kier alpha value is -3.39. The molecule has 0 fully saturated rings. The van der Waals surface area contributed by atoms with Gasteiger partial charge in [0.05, 0.1) is 28.9 Å². The summed E-state index contributed by atoms with van der Waals surface area (Å²) >= 11 is 5.89. The van der Waals surface area contributed by atoms with Gasteiger partial charge in [-0.3, -0.25) is 0 Å². The maximum atomic E-state index is 12.7. The number of alkyl halides is 3. The van der Waals surface area contributed by atoms with Crippen molar-refractivity contribution in [1.82, 2.24) is 0 Å². The van der Waals surface area contributed by atoms with Gasteiger partial charge in [-0.25, -0.2) is 4.79 Å². The van der Waals surface area contributed by atoms with Crippen molar-refractivity contribution >= 4 is 28.9 Å². The summed E-state index contributed by atoms with van der Waals surface area (Å²) < 4.78 is 48.7. The number of methoxy groups -OCH3 is 1. The van der Waals surface area contributed by atoms with Crippen molar-refractivity contribution in [2.24, 2.45) is 0 Å². The largest absolute Gasteiger partial charge is 0.497 e. The number of aromatic carboxylic acids is 1. The second-order valence-electron chi connectivity index (χ2n) is 6.11. The Balaban J connectivity index is 1.76. The molecule has 9 heteroatoms. The molecule has 3 rings (SSSR count). The summed E-state index contributed by atoms with van der Waals surface area (Å²) in [6, 6.07) is 13.8. The molecule has 0 aliphatic carbocycles. The maximum absolute atomic E-state index is 12.7. The standard InChI is InChI=1S/C21H15ClF3NO4/c1-29-15-7-8-18(16(11-15)20(27)28)26-13-3-5-14(6-4-13)30-19-9-2-12(10-17(19)22)21(23,24)25/h2-11,26H,1H3,(H,27,28). The number of carbonyl (C=O) groups is 1. The number of hydrogen-bond donors (Lipinski definition) is 2. The molecule has 3 aromatic carbocycles. The first-order chi connectivity index (χ1) is 14.2. The Morgan fingerprint density at radius 1 is 1.00 bits per heavy atom. The van der Waals surface area contributed by atoms with Crippen LogP contribution in [0, 0.1) is 0 Å². The van der Waals surface area contributed by atoms with E-state index in [1.807, 2.05) is 0 Å². The molecule has 0 aliphatic heterocycles. The van der Waals surface area contributed by atoms with E-state index in [0.717, 1.165) is 18.2 Å². The molecule has 0 aliphatic rings. The first-order valence-electron chi connectivity index (χ1n) is 8.50. The number of nitrogens with one attached hydrogen (secondary N) is 1. The van der Waals surface area contributed by atoms with Gasteiger partial charge in [0.2, 0.25) is 0 Å². The molecule has 0 amide bonds. The van der Waals surface area contributed by atoms with Crippen molar-refractivity contribution in [3.63, 3.8) is 0 Å². The normalized spacial score (nSPS) is 11.1. The molecule has 156 valence electrons. The lowest BCUT2D eigenvalue weighted by atomic mass is 10.1. The van der Waals surface area contributed by atoms with Crippen LogP contribution in [0.1, 0.15) is 15.9 Å². The number of hydrogen-bond acceptors (Lipinski definition) is 4. The van der Waals surface area contributed by atoms with Crippen LogP contribution in [0.2, 0.25) is 5.02 Å². The van der Waals surface area contributed by atoms with Crippen LogP contribution < -0.4 is 14.8 Å². The average Bonchev–Trinajstić information content (AvgIpc) is 2.70. The van der Waals surface area contributed by atoms with Crippen LogP contribution in [0.3, 0.4) is 0 Å². The lowest BCUT2D eigenvalue weighted by molar-refractivity contribution is -0.137. The average molecular weight is 438 g/mol. The molecular formula is C21H15ClF3NO4. The zero-order chi connectivity index (χ0) is 21.9. The van der Waals surface area contributed by atoms with Gasteiger partial charge < -0.3 is 19.9 Å². The molecule has 0 spiro atoms. The molecule has 0 radical (unpaired) electrons. The van der Waals surface area contributed by atoms with E-state index < -0.39 is 17.7 Å². The second-order valence-corrected chi connectivity index (χ2v) is 6.52. The molecule has 30 heavy (non-hydrogen) atoms. The molecule has 0 heterocycles. The van der Waals surface area contributed by atoms with E-state index in [4.69, 9.17) is 21.1 Å². The number of rotatable bonds is 6. The molecule has 0 atom stereocenters. The molecule has 3 aromatic rings. The summed E-state index contributed by atoms with van der Waals surface area (Å²) in [6.07, 6.45) is -4.49. The van der Waals surface area contributed by atoms with Crippen molar-refractivity contribution in [1.29, 1.82) is 0 Å². The van der Waals surface area contributed by atoms with Crippen molar-refractivity contribution in [3.05, 3.63) is 76.8 Å². The number of carboxylic acids is 1. The van der Waals surface area contributed by atoms with Gasteiger partial charge >= 0.3 is 12.1 Å². The summed E-state index contributed by atoms with van der Waals surface area (Å²) in [5, 5.41) is 12.2. The zero-order valence-corrected chi connectivity index (χ0v) is 16.2. The maximum Gasteiger partial charge on any atom is 0.416 e. The van der Waals surface area contributed by atoms with Gasteiger partial charge in [-0.1, -0.05) is 11.6 Å². The lowest BCUT2D eigenvalue weighted by Gasteiger charge is -2.13. The van der Waals surface area contributed by atoms with Crippen molar-refractivity contribution in [2.45, 2.75) is 6.18 Å². The predicted molar refractivity (Wildman–Crippen MR) is 106 cm³/mol. The van der Waals surface area contributed by atoms with E-state index in [9.17, 15) is 23.1 Å². The van der Waals surface area contributed by atoms with Gasteiger partial charge in [0.25, 0.3) is 0 Å². The Bertz CT molecular complexity index is 1070. The topological polar surface area (TPSA) is 67.8 Å². The van der Waals surface area contributed by atoms with Gasteiger partial charge in [0.1, 0.15) is 17.2 Å². The SMILES string of the molecule is COc1ccc(Nc2ccc(Oc3ccc(C(F)(F)F)cc3Cl)cc2)c(C(=O)O)c1.